The van der Waals surface area contributed by atoms with E-state index in [0.717, 1.165) is 4.90 Å². The zero-order valence-corrected chi connectivity index (χ0v) is 16.1. The monoisotopic (exact) mass is 392 g/mol. The smallest absolute Gasteiger partial charge is 0.261 e. The summed E-state index contributed by atoms with van der Waals surface area (Å²) in [4.78, 5) is 12.2. The minimum atomic E-state index is -3.82. The standard InChI is InChI=1S/C18H20N2O4S2/c1-4-10-24-15-7-5-6-14(11-15)20-26(22,23)16-8-9-18(25-3)17(12-16)19-13(2)21/h4-9,11-12,20H,1,10H2,2-3H3,(H,19,21). The molecule has 6 nitrogen and oxygen atoms in total. The highest BCUT2D eigenvalue weighted by Crippen LogP contribution is 2.29. The molecule has 138 valence electrons. The van der Waals surface area contributed by atoms with Gasteiger partial charge < -0.3 is 10.1 Å². The number of anilines is 2. The van der Waals surface area contributed by atoms with Crippen molar-refractivity contribution in [3.05, 3.63) is 55.1 Å². The molecule has 2 aromatic rings. The third-order valence-corrected chi connectivity index (χ3v) is 5.42. The van der Waals surface area contributed by atoms with Crippen molar-refractivity contribution in [3.63, 3.8) is 0 Å². The van der Waals surface area contributed by atoms with E-state index in [1.807, 2.05) is 6.26 Å². The Bertz CT molecular complexity index is 911. The first-order valence-corrected chi connectivity index (χ1v) is 10.4. The fraction of sp³-hybridized carbons (Fsp3) is 0.167. The van der Waals surface area contributed by atoms with E-state index >= 15 is 0 Å². The summed E-state index contributed by atoms with van der Waals surface area (Å²) < 4.78 is 33.3. The van der Waals surface area contributed by atoms with E-state index in [9.17, 15) is 13.2 Å². The fourth-order valence-corrected chi connectivity index (χ4v) is 3.77. The Morgan fingerprint density at radius 1 is 1.27 bits per heavy atom. The molecule has 0 spiro atoms. The first kappa shape index (κ1) is 19.9. The quantitative estimate of drug-likeness (QED) is 0.528. The number of carbonyl (C=O) groups excluding carboxylic acids is 1. The first-order chi connectivity index (χ1) is 12.4. The number of sulfonamides is 1. The molecule has 0 heterocycles. The van der Waals surface area contributed by atoms with Gasteiger partial charge in [0.1, 0.15) is 12.4 Å². The predicted molar refractivity (Wildman–Crippen MR) is 105 cm³/mol. The Morgan fingerprint density at radius 2 is 2.04 bits per heavy atom. The second kappa shape index (κ2) is 8.77. The van der Waals surface area contributed by atoms with Gasteiger partial charge in [0.05, 0.1) is 16.3 Å². The van der Waals surface area contributed by atoms with Gasteiger partial charge in [-0.25, -0.2) is 8.42 Å². The molecule has 0 saturated carbocycles. The van der Waals surface area contributed by atoms with E-state index in [2.05, 4.69) is 16.6 Å². The van der Waals surface area contributed by atoms with E-state index < -0.39 is 10.0 Å². The Morgan fingerprint density at radius 3 is 2.69 bits per heavy atom. The topological polar surface area (TPSA) is 84.5 Å². The van der Waals surface area contributed by atoms with Crippen molar-refractivity contribution >= 4 is 39.1 Å². The highest BCUT2D eigenvalue weighted by molar-refractivity contribution is 7.98. The lowest BCUT2D eigenvalue weighted by Gasteiger charge is -2.13. The van der Waals surface area contributed by atoms with Gasteiger partial charge in [0.25, 0.3) is 10.0 Å². The van der Waals surface area contributed by atoms with Gasteiger partial charge in [0.15, 0.2) is 0 Å². The van der Waals surface area contributed by atoms with Crippen molar-refractivity contribution in [1.29, 1.82) is 0 Å². The molecule has 0 fully saturated rings. The molecule has 26 heavy (non-hydrogen) atoms. The average Bonchev–Trinajstić information content (AvgIpc) is 2.59. The van der Waals surface area contributed by atoms with Crippen LogP contribution in [0.2, 0.25) is 0 Å². The molecule has 0 aromatic heterocycles. The first-order valence-electron chi connectivity index (χ1n) is 7.68. The second-order valence-corrected chi connectivity index (χ2v) is 7.81. The van der Waals surface area contributed by atoms with E-state index in [0.29, 0.717) is 23.7 Å². The molecule has 0 atom stereocenters. The molecule has 2 rings (SSSR count). The Kier molecular flexibility index (Phi) is 6.70. The summed E-state index contributed by atoms with van der Waals surface area (Å²) in [7, 11) is -3.82. The largest absolute Gasteiger partial charge is 0.489 e. The number of hydrogen-bond donors (Lipinski definition) is 2. The molecule has 0 aliphatic rings. The van der Waals surface area contributed by atoms with Crippen molar-refractivity contribution in [2.75, 3.05) is 22.9 Å². The number of nitrogens with one attached hydrogen (secondary N) is 2. The molecule has 0 unspecified atom stereocenters. The van der Waals surface area contributed by atoms with E-state index in [4.69, 9.17) is 4.74 Å². The summed E-state index contributed by atoms with van der Waals surface area (Å²) >= 11 is 1.42. The van der Waals surface area contributed by atoms with Gasteiger partial charge in [-0.3, -0.25) is 9.52 Å². The maximum Gasteiger partial charge on any atom is 0.261 e. The molecular formula is C18H20N2O4S2. The molecular weight excluding hydrogens is 372 g/mol. The summed E-state index contributed by atoms with van der Waals surface area (Å²) in [6.45, 7) is 5.27. The number of rotatable bonds is 8. The van der Waals surface area contributed by atoms with Crippen LogP contribution in [0.4, 0.5) is 11.4 Å². The summed E-state index contributed by atoms with van der Waals surface area (Å²) in [5, 5.41) is 2.65. The summed E-state index contributed by atoms with van der Waals surface area (Å²) in [6.07, 6.45) is 3.45. The number of hydrogen-bond acceptors (Lipinski definition) is 5. The lowest BCUT2D eigenvalue weighted by Crippen LogP contribution is -2.14. The molecule has 2 N–H and O–H groups in total. The second-order valence-electron chi connectivity index (χ2n) is 5.28. The van der Waals surface area contributed by atoms with Crippen LogP contribution in [-0.2, 0) is 14.8 Å². The van der Waals surface area contributed by atoms with E-state index in [1.54, 1.807) is 36.4 Å². The van der Waals surface area contributed by atoms with Gasteiger partial charge in [0.2, 0.25) is 5.91 Å². The highest BCUT2D eigenvalue weighted by atomic mass is 32.2. The average molecular weight is 393 g/mol. The summed E-state index contributed by atoms with van der Waals surface area (Å²) in [5.41, 5.74) is 0.831. The van der Waals surface area contributed by atoms with Crippen LogP contribution < -0.4 is 14.8 Å². The number of carbonyl (C=O) groups is 1. The van der Waals surface area contributed by atoms with Crippen molar-refractivity contribution in [1.82, 2.24) is 0 Å². The van der Waals surface area contributed by atoms with Gasteiger partial charge in [-0.2, -0.15) is 0 Å². The normalized spacial score (nSPS) is 10.8. The maximum atomic E-state index is 12.7. The lowest BCUT2D eigenvalue weighted by atomic mass is 10.3. The van der Waals surface area contributed by atoms with Crippen LogP contribution in [0.15, 0.2) is 64.9 Å². The van der Waals surface area contributed by atoms with Crippen LogP contribution in [0.5, 0.6) is 5.75 Å². The van der Waals surface area contributed by atoms with Crippen molar-refractivity contribution < 1.29 is 17.9 Å². The molecule has 8 heteroatoms. The third kappa shape index (κ3) is 5.27. The Balaban J connectivity index is 2.30. The predicted octanol–water partition coefficient (Wildman–Crippen LogP) is 3.73. The Hall–Kier alpha value is -2.45. The molecule has 0 bridgehead atoms. The minimum absolute atomic E-state index is 0.0523. The SMILES string of the molecule is C=CCOc1cccc(NS(=O)(=O)c2ccc(SC)c(NC(C)=O)c2)c1. The number of benzene rings is 2. The van der Waals surface area contributed by atoms with Crippen molar-refractivity contribution in [2.45, 2.75) is 16.7 Å². The van der Waals surface area contributed by atoms with Crippen molar-refractivity contribution in [3.8, 4) is 5.75 Å². The third-order valence-electron chi connectivity index (χ3n) is 3.25. The van der Waals surface area contributed by atoms with Gasteiger partial charge in [-0.05, 0) is 36.6 Å². The molecule has 2 aromatic carbocycles. The highest BCUT2D eigenvalue weighted by Gasteiger charge is 2.17. The van der Waals surface area contributed by atoms with Crippen LogP contribution in [0.1, 0.15) is 6.92 Å². The molecule has 0 radical (unpaired) electrons. The van der Waals surface area contributed by atoms with Crippen LogP contribution in [0.25, 0.3) is 0 Å². The van der Waals surface area contributed by atoms with Gasteiger partial charge >= 0.3 is 0 Å². The van der Waals surface area contributed by atoms with Crippen LogP contribution in [-0.4, -0.2) is 27.2 Å². The summed E-state index contributed by atoms with van der Waals surface area (Å²) in [6, 6.07) is 11.2. The van der Waals surface area contributed by atoms with Gasteiger partial charge in [-0.1, -0.05) is 18.7 Å². The van der Waals surface area contributed by atoms with Crippen LogP contribution >= 0.6 is 11.8 Å². The van der Waals surface area contributed by atoms with Crippen LogP contribution in [0, 0.1) is 0 Å². The summed E-state index contributed by atoms with van der Waals surface area (Å²) in [5.74, 6) is 0.261. The van der Waals surface area contributed by atoms with E-state index in [-0.39, 0.29) is 10.8 Å². The zero-order chi connectivity index (χ0) is 19.2. The van der Waals surface area contributed by atoms with Crippen molar-refractivity contribution in [2.24, 2.45) is 0 Å². The fourth-order valence-electron chi connectivity index (χ4n) is 2.16. The zero-order valence-electron chi connectivity index (χ0n) is 14.5. The number of ether oxygens (including phenoxy) is 1. The molecule has 0 aliphatic carbocycles. The number of amides is 1. The molecule has 1 amide bonds. The van der Waals surface area contributed by atoms with Gasteiger partial charge in [-0.15, -0.1) is 11.8 Å². The number of thioether (sulfide) groups is 1. The van der Waals surface area contributed by atoms with Crippen LogP contribution in [0.3, 0.4) is 0 Å². The Labute approximate surface area is 157 Å². The maximum absolute atomic E-state index is 12.7. The minimum Gasteiger partial charge on any atom is -0.489 e. The molecule has 0 saturated heterocycles. The van der Waals surface area contributed by atoms with Gasteiger partial charge in [0, 0.05) is 17.9 Å². The van der Waals surface area contributed by atoms with E-state index in [1.165, 1.54) is 30.8 Å². The lowest BCUT2D eigenvalue weighted by molar-refractivity contribution is -0.114. The molecule has 0 aliphatic heterocycles.